The van der Waals surface area contributed by atoms with E-state index in [2.05, 4.69) is 9.97 Å². The fourth-order valence-electron chi connectivity index (χ4n) is 2.05. The highest BCUT2D eigenvalue weighted by molar-refractivity contribution is 5.64. The highest BCUT2D eigenvalue weighted by Gasteiger charge is 2.12. The van der Waals surface area contributed by atoms with Crippen LogP contribution < -0.4 is 15.2 Å². The number of aryl methyl sites for hydroxylation is 1. The van der Waals surface area contributed by atoms with E-state index in [1.54, 1.807) is 0 Å². The number of fused-ring (bicyclic) bond motifs is 1. The first kappa shape index (κ1) is 11.8. The van der Waals surface area contributed by atoms with Gasteiger partial charge in [-0.1, -0.05) is 0 Å². The SMILES string of the molecule is Cc1cc(-c2ccc3c(c2)OCCCO3)nc(=O)[nH]1. The maximum absolute atomic E-state index is 11.4. The van der Waals surface area contributed by atoms with Crippen LogP contribution in [0.4, 0.5) is 0 Å². The molecule has 0 saturated carbocycles. The molecule has 0 aliphatic carbocycles. The zero-order valence-electron chi connectivity index (χ0n) is 10.6. The van der Waals surface area contributed by atoms with E-state index in [0.717, 1.165) is 23.4 Å². The van der Waals surface area contributed by atoms with Gasteiger partial charge < -0.3 is 14.5 Å². The minimum absolute atomic E-state index is 0.345. The van der Waals surface area contributed by atoms with Crippen molar-refractivity contribution in [3.63, 3.8) is 0 Å². The van der Waals surface area contributed by atoms with Crippen molar-refractivity contribution in [1.82, 2.24) is 9.97 Å². The fraction of sp³-hybridized carbons (Fsp3) is 0.286. The number of ether oxygens (including phenoxy) is 2. The van der Waals surface area contributed by atoms with Gasteiger partial charge in [0.1, 0.15) is 0 Å². The second-order valence-electron chi connectivity index (χ2n) is 4.47. The Labute approximate surface area is 110 Å². The molecule has 0 saturated heterocycles. The van der Waals surface area contributed by atoms with Crippen LogP contribution in [0.1, 0.15) is 12.1 Å². The van der Waals surface area contributed by atoms with E-state index in [-0.39, 0.29) is 5.69 Å². The zero-order valence-corrected chi connectivity index (χ0v) is 10.6. The summed E-state index contributed by atoms with van der Waals surface area (Å²) in [6, 6.07) is 7.44. The molecule has 2 heterocycles. The molecule has 2 aromatic rings. The molecule has 5 heteroatoms. The van der Waals surface area contributed by atoms with Gasteiger partial charge in [-0.3, -0.25) is 0 Å². The molecule has 0 unspecified atom stereocenters. The molecule has 19 heavy (non-hydrogen) atoms. The third-order valence-electron chi connectivity index (χ3n) is 2.92. The van der Waals surface area contributed by atoms with Gasteiger partial charge in [-0.25, -0.2) is 4.79 Å². The topological polar surface area (TPSA) is 64.2 Å². The summed E-state index contributed by atoms with van der Waals surface area (Å²) in [5.74, 6) is 1.44. The number of benzene rings is 1. The molecule has 1 aromatic heterocycles. The minimum atomic E-state index is -0.345. The smallest absolute Gasteiger partial charge is 0.345 e. The first-order chi connectivity index (χ1) is 9.22. The van der Waals surface area contributed by atoms with Crippen LogP contribution in [-0.2, 0) is 0 Å². The van der Waals surface area contributed by atoms with Gasteiger partial charge in [0, 0.05) is 17.7 Å². The van der Waals surface area contributed by atoms with Crippen molar-refractivity contribution in [2.24, 2.45) is 0 Å². The number of H-pyrrole nitrogens is 1. The molecule has 0 amide bonds. The highest BCUT2D eigenvalue weighted by atomic mass is 16.5. The van der Waals surface area contributed by atoms with Gasteiger partial charge in [-0.05, 0) is 31.2 Å². The second kappa shape index (κ2) is 4.76. The van der Waals surface area contributed by atoms with E-state index >= 15 is 0 Å². The van der Waals surface area contributed by atoms with Crippen LogP contribution in [0.25, 0.3) is 11.3 Å². The molecule has 0 radical (unpaired) electrons. The predicted molar refractivity (Wildman–Crippen MR) is 70.6 cm³/mol. The van der Waals surface area contributed by atoms with Crippen LogP contribution in [0.3, 0.4) is 0 Å². The molecule has 1 aliphatic rings. The van der Waals surface area contributed by atoms with Gasteiger partial charge >= 0.3 is 5.69 Å². The second-order valence-corrected chi connectivity index (χ2v) is 4.47. The molecule has 1 aliphatic heterocycles. The quantitative estimate of drug-likeness (QED) is 0.848. The zero-order chi connectivity index (χ0) is 13.2. The number of hydrogen-bond acceptors (Lipinski definition) is 4. The maximum atomic E-state index is 11.4. The molecule has 98 valence electrons. The van der Waals surface area contributed by atoms with Crippen molar-refractivity contribution in [2.75, 3.05) is 13.2 Å². The lowest BCUT2D eigenvalue weighted by Crippen LogP contribution is -2.11. The third-order valence-corrected chi connectivity index (χ3v) is 2.92. The molecule has 5 nitrogen and oxygen atoms in total. The first-order valence-corrected chi connectivity index (χ1v) is 6.20. The Balaban J connectivity index is 2.06. The van der Waals surface area contributed by atoms with Gasteiger partial charge in [0.05, 0.1) is 18.9 Å². The predicted octanol–water partition coefficient (Wildman–Crippen LogP) is 1.91. The lowest BCUT2D eigenvalue weighted by molar-refractivity contribution is 0.297. The van der Waals surface area contributed by atoms with Gasteiger partial charge in [0.15, 0.2) is 11.5 Å². The average Bonchev–Trinajstić information content (AvgIpc) is 2.61. The van der Waals surface area contributed by atoms with Crippen molar-refractivity contribution in [1.29, 1.82) is 0 Å². The van der Waals surface area contributed by atoms with Gasteiger partial charge in [0.25, 0.3) is 0 Å². The number of hydrogen-bond donors (Lipinski definition) is 1. The summed E-state index contributed by atoms with van der Waals surface area (Å²) in [4.78, 5) is 18.0. The summed E-state index contributed by atoms with van der Waals surface area (Å²) in [5, 5.41) is 0. The summed E-state index contributed by atoms with van der Waals surface area (Å²) in [7, 11) is 0. The monoisotopic (exact) mass is 258 g/mol. The van der Waals surface area contributed by atoms with E-state index in [1.165, 1.54) is 0 Å². The lowest BCUT2D eigenvalue weighted by atomic mass is 10.1. The van der Waals surface area contributed by atoms with E-state index in [9.17, 15) is 4.79 Å². The Hall–Kier alpha value is -2.30. The molecule has 0 atom stereocenters. The Morgan fingerprint density at radius 3 is 2.74 bits per heavy atom. The van der Waals surface area contributed by atoms with Gasteiger partial charge in [-0.15, -0.1) is 0 Å². The van der Waals surface area contributed by atoms with Gasteiger partial charge in [-0.2, -0.15) is 4.98 Å². The minimum Gasteiger partial charge on any atom is -0.490 e. The Morgan fingerprint density at radius 2 is 1.95 bits per heavy atom. The Morgan fingerprint density at radius 1 is 1.16 bits per heavy atom. The van der Waals surface area contributed by atoms with Crippen LogP contribution in [0.2, 0.25) is 0 Å². The average molecular weight is 258 g/mol. The van der Waals surface area contributed by atoms with Crippen LogP contribution >= 0.6 is 0 Å². The first-order valence-electron chi connectivity index (χ1n) is 6.20. The highest BCUT2D eigenvalue weighted by Crippen LogP contribution is 2.33. The van der Waals surface area contributed by atoms with Crippen molar-refractivity contribution >= 4 is 0 Å². The van der Waals surface area contributed by atoms with Crippen LogP contribution in [0.15, 0.2) is 29.1 Å². The van der Waals surface area contributed by atoms with Crippen molar-refractivity contribution in [3.05, 3.63) is 40.4 Å². The lowest BCUT2D eigenvalue weighted by Gasteiger charge is -2.09. The fourth-order valence-corrected chi connectivity index (χ4v) is 2.05. The normalized spacial score (nSPS) is 13.9. The number of aromatic amines is 1. The third kappa shape index (κ3) is 2.45. The van der Waals surface area contributed by atoms with Crippen molar-refractivity contribution in [2.45, 2.75) is 13.3 Å². The number of aromatic nitrogens is 2. The number of nitrogens with one attached hydrogen (secondary N) is 1. The molecule has 1 aromatic carbocycles. The number of nitrogens with zero attached hydrogens (tertiary/aromatic N) is 1. The molecule has 3 rings (SSSR count). The molecular weight excluding hydrogens is 244 g/mol. The summed E-state index contributed by atoms with van der Waals surface area (Å²) in [6.45, 7) is 3.13. The Bertz CT molecular complexity index is 664. The Kier molecular flexibility index (Phi) is 2.95. The summed E-state index contributed by atoms with van der Waals surface area (Å²) in [6.07, 6.45) is 0.867. The van der Waals surface area contributed by atoms with Crippen molar-refractivity contribution < 1.29 is 9.47 Å². The molecule has 0 spiro atoms. The van der Waals surface area contributed by atoms with Crippen LogP contribution in [0, 0.1) is 6.92 Å². The van der Waals surface area contributed by atoms with Crippen LogP contribution in [-0.4, -0.2) is 23.2 Å². The molecular formula is C14H14N2O3. The van der Waals surface area contributed by atoms with Crippen molar-refractivity contribution in [3.8, 4) is 22.8 Å². The van der Waals surface area contributed by atoms with Crippen LogP contribution in [0.5, 0.6) is 11.5 Å². The summed E-state index contributed by atoms with van der Waals surface area (Å²) in [5.41, 5.74) is 1.92. The largest absolute Gasteiger partial charge is 0.490 e. The van der Waals surface area contributed by atoms with E-state index in [1.807, 2.05) is 31.2 Å². The van der Waals surface area contributed by atoms with E-state index < -0.39 is 0 Å². The molecule has 0 bridgehead atoms. The summed E-state index contributed by atoms with van der Waals surface area (Å²) >= 11 is 0. The van der Waals surface area contributed by atoms with E-state index in [4.69, 9.17) is 9.47 Å². The van der Waals surface area contributed by atoms with E-state index in [0.29, 0.717) is 24.7 Å². The van der Waals surface area contributed by atoms with Gasteiger partial charge in [0.2, 0.25) is 0 Å². The number of rotatable bonds is 1. The standard InChI is InChI=1S/C14H14N2O3/c1-9-7-11(16-14(17)15-9)10-3-4-12-13(8-10)19-6-2-5-18-12/h3-4,7-8H,2,5-6H2,1H3,(H,15,16,17). The summed E-state index contributed by atoms with van der Waals surface area (Å²) < 4.78 is 11.2. The molecule has 1 N–H and O–H groups in total. The molecule has 0 fully saturated rings. The maximum Gasteiger partial charge on any atom is 0.345 e.